The minimum absolute atomic E-state index is 0.0769. The highest BCUT2D eigenvalue weighted by molar-refractivity contribution is 14.1. The Morgan fingerprint density at radius 2 is 2.00 bits per heavy atom. The molecule has 31 heavy (non-hydrogen) atoms. The summed E-state index contributed by atoms with van der Waals surface area (Å²) in [7, 11) is 0. The Balaban J connectivity index is 1.28. The summed E-state index contributed by atoms with van der Waals surface area (Å²) in [5.41, 5.74) is 0.0961. The molecule has 2 fully saturated rings. The lowest BCUT2D eigenvalue weighted by Crippen LogP contribution is -2.36. The molecule has 1 aromatic carbocycles. The summed E-state index contributed by atoms with van der Waals surface area (Å²) in [6.07, 6.45) is 3.04. The molecule has 0 unspecified atom stereocenters. The average Bonchev–Trinajstić information content (AvgIpc) is 3.27. The molecule has 0 spiro atoms. The molecule has 0 saturated carbocycles. The second kappa shape index (κ2) is 11.0. The van der Waals surface area contributed by atoms with Crippen molar-refractivity contribution in [3.63, 3.8) is 0 Å². The van der Waals surface area contributed by atoms with Gasteiger partial charge in [-0.05, 0) is 47.6 Å². The summed E-state index contributed by atoms with van der Waals surface area (Å²) in [4.78, 5) is 45.9. The predicted octanol–water partition coefficient (Wildman–Crippen LogP) is 1.77. The van der Waals surface area contributed by atoms with Gasteiger partial charge in [-0.25, -0.2) is 4.79 Å². The summed E-state index contributed by atoms with van der Waals surface area (Å²) in [6.45, 7) is 0.524. The van der Waals surface area contributed by atoms with Crippen LogP contribution in [0.2, 0.25) is 0 Å². The fraction of sp³-hybridized carbons (Fsp3) is 0.526. The second-order valence-electron chi connectivity index (χ2n) is 7.40. The molecule has 3 atom stereocenters. The number of amides is 4. The summed E-state index contributed by atoms with van der Waals surface area (Å²) >= 11 is 3.71. The van der Waals surface area contributed by atoms with Gasteiger partial charge in [0.25, 0.3) is 11.6 Å². The molecule has 0 radical (unpaired) electrons. The molecule has 168 valence electrons. The number of rotatable bonds is 10. The molecule has 0 bridgehead atoms. The van der Waals surface area contributed by atoms with Crippen LogP contribution in [0.4, 0.5) is 10.5 Å². The fourth-order valence-electron chi connectivity index (χ4n) is 3.64. The number of halogens is 1. The average molecular weight is 561 g/mol. The predicted molar refractivity (Wildman–Crippen MR) is 125 cm³/mol. The standard InChI is InChI=1S/C19H24IN5O5S/c20-12-6-5-11(9-14(12)25(29)30)18(27)22-8-7-21-16(26)4-2-1-3-15-17-13(10-31-15)23-19(28)24-17/h5-6,9,13,15,17H,1-4,7-8,10H2,(H,21,26)(H,22,27)(H2,23,24,28)/t13-,15-,17-/m0/s1. The van der Waals surface area contributed by atoms with Crippen molar-refractivity contribution in [2.45, 2.75) is 43.0 Å². The highest BCUT2D eigenvalue weighted by Crippen LogP contribution is 2.33. The maximum absolute atomic E-state index is 12.1. The Morgan fingerprint density at radius 3 is 2.77 bits per heavy atom. The van der Waals surface area contributed by atoms with Crippen LogP contribution in [0.1, 0.15) is 36.0 Å². The zero-order valence-electron chi connectivity index (χ0n) is 16.7. The van der Waals surface area contributed by atoms with E-state index in [2.05, 4.69) is 21.3 Å². The Morgan fingerprint density at radius 1 is 1.23 bits per heavy atom. The topological polar surface area (TPSA) is 142 Å². The lowest BCUT2D eigenvalue weighted by molar-refractivity contribution is -0.385. The van der Waals surface area contributed by atoms with Crippen molar-refractivity contribution in [1.29, 1.82) is 0 Å². The molecule has 2 aliphatic rings. The van der Waals surface area contributed by atoms with Gasteiger partial charge in [0.2, 0.25) is 5.91 Å². The first-order valence-corrected chi connectivity index (χ1v) is 12.2. The largest absolute Gasteiger partial charge is 0.354 e. The molecule has 2 heterocycles. The second-order valence-corrected chi connectivity index (χ2v) is 9.83. The first kappa shape index (κ1) is 23.6. The minimum atomic E-state index is -0.525. The van der Waals surface area contributed by atoms with E-state index in [4.69, 9.17) is 0 Å². The van der Waals surface area contributed by atoms with Gasteiger partial charge in [-0.2, -0.15) is 11.8 Å². The SMILES string of the molecule is O=C(CCCC[C@@H]1SC[C@@H]2NC(=O)N[C@@H]21)NCCNC(=O)c1ccc(I)c([N+](=O)[O-])c1. The van der Waals surface area contributed by atoms with E-state index in [0.29, 0.717) is 15.2 Å². The molecule has 1 aromatic rings. The van der Waals surface area contributed by atoms with Gasteiger partial charge in [0.05, 0.1) is 20.6 Å². The number of hydrogen-bond donors (Lipinski definition) is 4. The molecule has 2 aliphatic heterocycles. The number of fused-ring (bicyclic) bond motifs is 1. The van der Waals surface area contributed by atoms with E-state index in [9.17, 15) is 24.5 Å². The number of nitro benzene ring substituents is 1. The van der Waals surface area contributed by atoms with Gasteiger partial charge >= 0.3 is 6.03 Å². The van der Waals surface area contributed by atoms with Crippen LogP contribution in [0, 0.1) is 13.7 Å². The molecular weight excluding hydrogens is 537 g/mol. The lowest BCUT2D eigenvalue weighted by Gasteiger charge is -2.16. The van der Waals surface area contributed by atoms with Gasteiger partial charge in [0.1, 0.15) is 0 Å². The van der Waals surface area contributed by atoms with Gasteiger partial charge in [0.15, 0.2) is 0 Å². The number of carbonyl (C=O) groups is 3. The maximum atomic E-state index is 12.1. The number of nitro groups is 1. The van der Waals surface area contributed by atoms with Crippen LogP contribution in [0.15, 0.2) is 18.2 Å². The first-order chi connectivity index (χ1) is 14.8. The number of nitrogens with one attached hydrogen (secondary N) is 4. The van der Waals surface area contributed by atoms with E-state index >= 15 is 0 Å². The smallest absolute Gasteiger partial charge is 0.315 e. The van der Waals surface area contributed by atoms with Crippen LogP contribution in [0.3, 0.4) is 0 Å². The van der Waals surface area contributed by atoms with Gasteiger partial charge in [-0.1, -0.05) is 6.42 Å². The van der Waals surface area contributed by atoms with Crippen LogP contribution >= 0.6 is 34.4 Å². The normalized spacial score (nSPS) is 21.7. The minimum Gasteiger partial charge on any atom is -0.354 e. The van der Waals surface area contributed by atoms with Crippen LogP contribution in [0.5, 0.6) is 0 Å². The Kier molecular flexibility index (Phi) is 8.35. The van der Waals surface area contributed by atoms with Gasteiger partial charge in [-0.3, -0.25) is 19.7 Å². The van der Waals surface area contributed by atoms with E-state index in [1.807, 2.05) is 34.4 Å². The van der Waals surface area contributed by atoms with E-state index < -0.39 is 10.8 Å². The quantitative estimate of drug-likeness (QED) is 0.113. The maximum Gasteiger partial charge on any atom is 0.315 e. The number of carbonyl (C=O) groups excluding carboxylic acids is 3. The van der Waals surface area contributed by atoms with E-state index in [1.54, 1.807) is 0 Å². The van der Waals surface area contributed by atoms with Crippen molar-refractivity contribution in [3.05, 3.63) is 37.4 Å². The Labute approximate surface area is 197 Å². The Bertz CT molecular complexity index is 870. The molecule has 0 aromatic heterocycles. The third kappa shape index (κ3) is 6.45. The monoisotopic (exact) mass is 561 g/mol. The van der Waals surface area contributed by atoms with Crippen molar-refractivity contribution >= 4 is 57.9 Å². The number of benzene rings is 1. The number of urea groups is 1. The van der Waals surface area contributed by atoms with Crippen molar-refractivity contribution in [3.8, 4) is 0 Å². The lowest BCUT2D eigenvalue weighted by atomic mass is 10.0. The molecule has 0 aliphatic carbocycles. The van der Waals surface area contributed by atoms with Gasteiger partial charge < -0.3 is 21.3 Å². The number of hydrogen-bond acceptors (Lipinski definition) is 6. The molecule has 4 N–H and O–H groups in total. The molecular formula is C19H24IN5O5S. The molecule has 10 nitrogen and oxygen atoms in total. The summed E-state index contributed by atoms with van der Waals surface area (Å²) in [6, 6.07) is 4.61. The van der Waals surface area contributed by atoms with E-state index in [-0.39, 0.29) is 48.4 Å². The third-order valence-corrected chi connectivity index (χ3v) is 7.64. The van der Waals surface area contributed by atoms with Gasteiger partial charge in [0, 0.05) is 42.1 Å². The highest BCUT2D eigenvalue weighted by Gasteiger charge is 2.42. The zero-order chi connectivity index (χ0) is 22.4. The van der Waals surface area contributed by atoms with Gasteiger partial charge in [-0.15, -0.1) is 0 Å². The zero-order valence-corrected chi connectivity index (χ0v) is 19.7. The van der Waals surface area contributed by atoms with Crippen molar-refractivity contribution in [1.82, 2.24) is 21.3 Å². The summed E-state index contributed by atoms with van der Waals surface area (Å²) < 4.78 is 0.461. The summed E-state index contributed by atoms with van der Waals surface area (Å²) in [5.74, 6) is 0.428. The highest BCUT2D eigenvalue weighted by atomic mass is 127. The molecule has 2 saturated heterocycles. The van der Waals surface area contributed by atoms with Crippen LogP contribution in [0.25, 0.3) is 0 Å². The third-order valence-electron chi connectivity index (χ3n) is 5.22. The molecule has 3 rings (SSSR count). The van der Waals surface area contributed by atoms with Crippen LogP contribution in [-0.4, -0.2) is 58.9 Å². The fourth-order valence-corrected chi connectivity index (χ4v) is 5.71. The van der Waals surface area contributed by atoms with E-state index in [1.165, 1.54) is 18.2 Å². The van der Waals surface area contributed by atoms with Crippen LogP contribution < -0.4 is 21.3 Å². The van der Waals surface area contributed by atoms with Crippen molar-refractivity contribution < 1.29 is 19.3 Å². The van der Waals surface area contributed by atoms with Crippen molar-refractivity contribution in [2.75, 3.05) is 18.8 Å². The van der Waals surface area contributed by atoms with E-state index in [0.717, 1.165) is 25.0 Å². The number of thioether (sulfide) groups is 1. The van der Waals surface area contributed by atoms with Crippen molar-refractivity contribution in [2.24, 2.45) is 0 Å². The number of nitrogens with zero attached hydrogens (tertiary/aromatic N) is 1. The number of unbranched alkanes of at least 4 members (excludes halogenated alkanes) is 1. The first-order valence-electron chi connectivity index (χ1n) is 10.0. The summed E-state index contributed by atoms with van der Waals surface area (Å²) in [5, 5.41) is 22.7. The Hall–Kier alpha value is -2.09. The van der Waals surface area contributed by atoms with Crippen LogP contribution in [-0.2, 0) is 4.79 Å². The molecule has 4 amide bonds. The molecule has 12 heteroatoms.